The Kier molecular flexibility index (Phi) is 2.87. The van der Waals surface area contributed by atoms with E-state index in [1.807, 2.05) is 13.1 Å². The molecule has 68 valence electrons. The summed E-state index contributed by atoms with van der Waals surface area (Å²) in [7, 11) is 1.86. The van der Waals surface area contributed by atoms with E-state index >= 15 is 0 Å². The number of aliphatic hydroxyl groups is 1. The van der Waals surface area contributed by atoms with Crippen LogP contribution in [0.3, 0.4) is 0 Å². The summed E-state index contributed by atoms with van der Waals surface area (Å²) < 4.78 is 1.73. The maximum absolute atomic E-state index is 8.91. The lowest BCUT2D eigenvalue weighted by Gasteiger charge is -1.98. The molecule has 3 nitrogen and oxygen atoms in total. The zero-order chi connectivity index (χ0) is 9.14. The van der Waals surface area contributed by atoms with Gasteiger partial charge in [-0.1, -0.05) is 13.8 Å². The highest BCUT2D eigenvalue weighted by Gasteiger charge is 2.05. The fourth-order valence-electron chi connectivity index (χ4n) is 1.24. The highest BCUT2D eigenvalue weighted by molar-refractivity contribution is 5.09. The lowest BCUT2D eigenvalue weighted by atomic mass is 10.1. The summed E-state index contributed by atoms with van der Waals surface area (Å²) in [5.74, 6) is 0.617. The van der Waals surface area contributed by atoms with Crippen LogP contribution < -0.4 is 0 Å². The minimum absolute atomic E-state index is 0.0710. The number of aryl methyl sites for hydroxylation is 1. The molecular formula is C9H16N2O. The number of hydrogen-bond acceptors (Lipinski definition) is 2. The van der Waals surface area contributed by atoms with Crippen LogP contribution >= 0.6 is 0 Å². The maximum Gasteiger partial charge on any atom is 0.0849 e. The van der Waals surface area contributed by atoms with Gasteiger partial charge in [0.05, 0.1) is 18.0 Å². The van der Waals surface area contributed by atoms with Gasteiger partial charge in [-0.2, -0.15) is 5.10 Å². The second-order valence-corrected chi connectivity index (χ2v) is 3.51. The molecule has 0 aliphatic carbocycles. The fraction of sp³-hybridized carbons (Fsp3) is 0.667. The Balaban J connectivity index is 2.75. The first kappa shape index (κ1) is 9.26. The normalized spacial score (nSPS) is 11.1. The Labute approximate surface area is 73.0 Å². The third kappa shape index (κ3) is 2.08. The molecule has 0 aliphatic heterocycles. The summed E-state index contributed by atoms with van der Waals surface area (Å²) in [5, 5.41) is 13.2. The molecule has 0 unspecified atom stereocenters. The Bertz CT molecular complexity index is 253. The predicted molar refractivity (Wildman–Crippen MR) is 47.7 cm³/mol. The Morgan fingerprint density at radius 1 is 1.58 bits per heavy atom. The lowest BCUT2D eigenvalue weighted by Crippen LogP contribution is -1.98. The minimum Gasteiger partial charge on any atom is -0.390 e. The molecule has 0 aromatic carbocycles. The van der Waals surface area contributed by atoms with E-state index < -0.39 is 0 Å². The summed E-state index contributed by atoms with van der Waals surface area (Å²) in [5.41, 5.74) is 1.95. The summed E-state index contributed by atoms with van der Waals surface area (Å²) in [6, 6.07) is 1.96. The van der Waals surface area contributed by atoms with Crippen molar-refractivity contribution in [1.82, 2.24) is 9.78 Å². The number of hydrogen-bond donors (Lipinski definition) is 1. The van der Waals surface area contributed by atoms with Crippen molar-refractivity contribution in [3.63, 3.8) is 0 Å². The molecule has 0 spiro atoms. The maximum atomic E-state index is 8.91. The molecule has 1 heterocycles. The second-order valence-electron chi connectivity index (χ2n) is 3.51. The molecule has 0 atom stereocenters. The van der Waals surface area contributed by atoms with E-state index in [2.05, 4.69) is 18.9 Å². The van der Waals surface area contributed by atoms with E-state index in [0.29, 0.717) is 5.92 Å². The monoisotopic (exact) mass is 168 g/mol. The van der Waals surface area contributed by atoms with Crippen molar-refractivity contribution >= 4 is 0 Å². The third-order valence-corrected chi connectivity index (χ3v) is 1.81. The van der Waals surface area contributed by atoms with Crippen LogP contribution in [0.1, 0.15) is 25.2 Å². The Hall–Kier alpha value is -0.830. The van der Waals surface area contributed by atoms with Gasteiger partial charge in [0.25, 0.3) is 0 Å². The number of aromatic nitrogens is 2. The molecule has 0 saturated carbocycles. The van der Waals surface area contributed by atoms with Crippen molar-refractivity contribution in [3.05, 3.63) is 17.5 Å². The molecule has 0 bridgehead atoms. The number of rotatable bonds is 3. The van der Waals surface area contributed by atoms with Crippen molar-refractivity contribution in [2.45, 2.75) is 26.9 Å². The van der Waals surface area contributed by atoms with Gasteiger partial charge in [-0.3, -0.25) is 4.68 Å². The SMILES string of the molecule is CC(C)Cc1cc(CO)n(C)n1. The van der Waals surface area contributed by atoms with Crippen LogP contribution in [0.2, 0.25) is 0 Å². The van der Waals surface area contributed by atoms with Crippen LogP contribution in [-0.4, -0.2) is 14.9 Å². The molecule has 0 aliphatic rings. The smallest absolute Gasteiger partial charge is 0.0849 e. The molecule has 12 heavy (non-hydrogen) atoms. The van der Waals surface area contributed by atoms with Crippen LogP contribution in [0.4, 0.5) is 0 Å². The minimum atomic E-state index is 0.0710. The topological polar surface area (TPSA) is 38.0 Å². The molecular weight excluding hydrogens is 152 g/mol. The highest BCUT2D eigenvalue weighted by Crippen LogP contribution is 2.08. The van der Waals surface area contributed by atoms with Crippen LogP contribution in [0, 0.1) is 5.92 Å². The molecule has 0 fully saturated rings. The van der Waals surface area contributed by atoms with Gasteiger partial charge in [-0.05, 0) is 18.4 Å². The lowest BCUT2D eigenvalue weighted by molar-refractivity contribution is 0.270. The first-order chi connectivity index (χ1) is 5.63. The average Bonchev–Trinajstić information content (AvgIpc) is 2.29. The van der Waals surface area contributed by atoms with Gasteiger partial charge in [0.2, 0.25) is 0 Å². The Morgan fingerprint density at radius 2 is 2.25 bits per heavy atom. The molecule has 1 N–H and O–H groups in total. The summed E-state index contributed by atoms with van der Waals surface area (Å²) in [6.07, 6.45) is 0.980. The molecule has 1 aromatic rings. The molecule has 0 saturated heterocycles. The zero-order valence-electron chi connectivity index (χ0n) is 7.91. The van der Waals surface area contributed by atoms with E-state index in [-0.39, 0.29) is 6.61 Å². The van der Waals surface area contributed by atoms with Crippen molar-refractivity contribution in [3.8, 4) is 0 Å². The third-order valence-electron chi connectivity index (χ3n) is 1.81. The van der Waals surface area contributed by atoms with Crippen LogP contribution in [-0.2, 0) is 20.1 Å². The van der Waals surface area contributed by atoms with Gasteiger partial charge in [0.1, 0.15) is 0 Å². The molecule has 0 amide bonds. The van der Waals surface area contributed by atoms with Gasteiger partial charge in [-0.15, -0.1) is 0 Å². The zero-order valence-corrected chi connectivity index (χ0v) is 7.91. The highest BCUT2D eigenvalue weighted by atomic mass is 16.3. The van der Waals surface area contributed by atoms with Crippen LogP contribution in [0.25, 0.3) is 0 Å². The van der Waals surface area contributed by atoms with Gasteiger partial charge >= 0.3 is 0 Å². The van der Waals surface area contributed by atoms with Crippen molar-refractivity contribution in [2.24, 2.45) is 13.0 Å². The second kappa shape index (κ2) is 3.72. The van der Waals surface area contributed by atoms with Crippen molar-refractivity contribution < 1.29 is 5.11 Å². The first-order valence-corrected chi connectivity index (χ1v) is 4.26. The molecule has 0 radical (unpaired) electrons. The number of aliphatic hydroxyl groups excluding tert-OH is 1. The van der Waals surface area contributed by atoms with Crippen molar-refractivity contribution in [1.29, 1.82) is 0 Å². The average molecular weight is 168 g/mol. The quantitative estimate of drug-likeness (QED) is 0.734. The Morgan fingerprint density at radius 3 is 2.67 bits per heavy atom. The van der Waals surface area contributed by atoms with E-state index in [4.69, 9.17) is 5.11 Å². The van der Waals surface area contributed by atoms with E-state index in [9.17, 15) is 0 Å². The van der Waals surface area contributed by atoms with Crippen LogP contribution in [0.5, 0.6) is 0 Å². The standard InChI is InChI=1S/C9H16N2O/c1-7(2)4-8-5-9(6-12)11(3)10-8/h5,7,12H,4,6H2,1-3H3. The summed E-state index contributed by atoms with van der Waals surface area (Å²) in [6.45, 7) is 4.39. The van der Waals surface area contributed by atoms with E-state index in [1.165, 1.54) is 0 Å². The predicted octanol–water partition coefficient (Wildman–Crippen LogP) is 1.11. The van der Waals surface area contributed by atoms with Gasteiger partial charge in [0.15, 0.2) is 0 Å². The van der Waals surface area contributed by atoms with Crippen LogP contribution in [0.15, 0.2) is 6.07 Å². The van der Waals surface area contributed by atoms with E-state index in [1.54, 1.807) is 4.68 Å². The molecule has 1 rings (SSSR count). The fourth-order valence-corrected chi connectivity index (χ4v) is 1.24. The van der Waals surface area contributed by atoms with Gasteiger partial charge < -0.3 is 5.11 Å². The van der Waals surface area contributed by atoms with Crippen molar-refractivity contribution in [2.75, 3.05) is 0 Å². The number of nitrogens with zero attached hydrogens (tertiary/aromatic N) is 2. The van der Waals surface area contributed by atoms with E-state index in [0.717, 1.165) is 17.8 Å². The first-order valence-electron chi connectivity index (χ1n) is 4.26. The summed E-state index contributed by atoms with van der Waals surface area (Å²) in [4.78, 5) is 0. The molecule has 3 heteroatoms. The largest absolute Gasteiger partial charge is 0.390 e. The van der Waals surface area contributed by atoms with Gasteiger partial charge in [-0.25, -0.2) is 0 Å². The van der Waals surface area contributed by atoms with Gasteiger partial charge in [0, 0.05) is 7.05 Å². The molecule has 1 aromatic heterocycles. The summed E-state index contributed by atoms with van der Waals surface area (Å²) >= 11 is 0.